The average molecular weight is 115 g/mol. The Morgan fingerprint density at radius 1 is 1.88 bits per heavy atom. The van der Waals surface area contributed by atoms with Gasteiger partial charge < -0.3 is 10.1 Å². The summed E-state index contributed by atoms with van der Waals surface area (Å²) in [7, 11) is 0. The van der Waals surface area contributed by atoms with Gasteiger partial charge >= 0.3 is 6.09 Å². The Bertz CT molecular complexity index is 103. The molecule has 1 N–H and O–H groups in total. The summed E-state index contributed by atoms with van der Waals surface area (Å²) >= 11 is 0. The van der Waals surface area contributed by atoms with Gasteiger partial charge in [0.15, 0.2) is 0 Å². The Balaban J connectivity index is 2.34. The molecular weight excluding hydrogens is 106 g/mol. The van der Waals surface area contributed by atoms with Gasteiger partial charge in [-0.1, -0.05) is 0 Å². The van der Waals surface area contributed by atoms with Crippen LogP contribution in [0.5, 0.6) is 0 Å². The maximum atomic E-state index is 10.3. The molecule has 1 fully saturated rings. The van der Waals surface area contributed by atoms with Crippen LogP contribution in [0.25, 0.3) is 0 Å². The van der Waals surface area contributed by atoms with Crippen molar-refractivity contribution in [3.8, 4) is 0 Å². The zero-order valence-corrected chi connectivity index (χ0v) is 4.81. The second-order valence-corrected chi connectivity index (χ2v) is 1.93. The summed E-state index contributed by atoms with van der Waals surface area (Å²) in [4.78, 5) is 10.3. The largest absolute Gasteiger partial charge is 0.446 e. The molecule has 0 aliphatic carbocycles. The highest BCUT2D eigenvalue weighted by molar-refractivity contribution is 5.67. The van der Waals surface area contributed by atoms with Crippen molar-refractivity contribution in [3.05, 3.63) is 0 Å². The molecule has 0 radical (unpaired) electrons. The summed E-state index contributed by atoms with van der Waals surface area (Å²) in [5, 5.41) is 2.55. The maximum Gasteiger partial charge on any atom is 0.407 e. The van der Waals surface area contributed by atoms with Crippen LogP contribution in [-0.4, -0.2) is 18.7 Å². The Labute approximate surface area is 48.0 Å². The minimum atomic E-state index is -0.288. The second-order valence-electron chi connectivity index (χ2n) is 1.93. The third kappa shape index (κ3) is 1.12. The van der Waals surface area contributed by atoms with E-state index in [1.165, 1.54) is 0 Å². The van der Waals surface area contributed by atoms with Crippen LogP contribution in [-0.2, 0) is 4.74 Å². The highest BCUT2D eigenvalue weighted by Crippen LogP contribution is 2.00. The number of amides is 1. The molecular formula is C5H9NO2. The van der Waals surface area contributed by atoms with Crippen LogP contribution < -0.4 is 5.32 Å². The Hall–Kier alpha value is -0.730. The predicted molar refractivity (Wildman–Crippen MR) is 28.6 cm³/mol. The zero-order chi connectivity index (χ0) is 5.98. The second kappa shape index (κ2) is 2.03. The lowest BCUT2D eigenvalue weighted by molar-refractivity contribution is 0.0840. The molecule has 1 amide bonds. The molecule has 3 heteroatoms. The van der Waals surface area contributed by atoms with Crippen molar-refractivity contribution < 1.29 is 9.53 Å². The SMILES string of the molecule is C[C@@H]1CCNC(=O)O1. The smallest absolute Gasteiger partial charge is 0.407 e. The molecule has 1 rings (SSSR count). The van der Waals surface area contributed by atoms with Crippen molar-refractivity contribution in [2.45, 2.75) is 19.4 Å². The third-order valence-corrected chi connectivity index (χ3v) is 1.13. The summed E-state index contributed by atoms with van der Waals surface area (Å²) in [6.07, 6.45) is 0.735. The minimum Gasteiger partial charge on any atom is -0.446 e. The van der Waals surface area contributed by atoms with Gasteiger partial charge in [0.05, 0.1) is 0 Å². The fourth-order valence-corrected chi connectivity index (χ4v) is 0.661. The highest BCUT2D eigenvalue weighted by Gasteiger charge is 2.13. The zero-order valence-electron chi connectivity index (χ0n) is 4.81. The van der Waals surface area contributed by atoms with E-state index < -0.39 is 0 Å². The van der Waals surface area contributed by atoms with E-state index in [4.69, 9.17) is 4.74 Å². The molecule has 0 bridgehead atoms. The average Bonchev–Trinajstić information content (AvgIpc) is 1.64. The first-order valence-corrected chi connectivity index (χ1v) is 2.73. The molecule has 1 heterocycles. The summed E-state index contributed by atoms with van der Waals surface area (Å²) in [5.41, 5.74) is 0. The van der Waals surface area contributed by atoms with Crippen LogP contribution in [0, 0.1) is 0 Å². The first-order chi connectivity index (χ1) is 3.79. The normalized spacial score (nSPS) is 28.6. The molecule has 0 aromatic heterocycles. The topological polar surface area (TPSA) is 38.3 Å². The van der Waals surface area contributed by atoms with Gasteiger partial charge in [0.1, 0.15) is 6.10 Å². The van der Waals surface area contributed by atoms with E-state index in [2.05, 4.69) is 5.32 Å². The van der Waals surface area contributed by atoms with Gasteiger partial charge in [-0.2, -0.15) is 0 Å². The van der Waals surface area contributed by atoms with Gasteiger partial charge in [0, 0.05) is 13.0 Å². The number of carbonyl (C=O) groups is 1. The molecule has 46 valence electrons. The van der Waals surface area contributed by atoms with Crippen molar-refractivity contribution in [2.75, 3.05) is 6.54 Å². The highest BCUT2D eigenvalue weighted by atomic mass is 16.6. The van der Waals surface area contributed by atoms with Crippen molar-refractivity contribution >= 4 is 6.09 Å². The quantitative estimate of drug-likeness (QED) is 0.499. The summed E-state index contributed by atoms with van der Waals surface area (Å²) in [6, 6.07) is 0. The molecule has 0 aromatic rings. The predicted octanol–water partition coefficient (Wildman–Crippen LogP) is 0.505. The summed E-state index contributed by atoms with van der Waals surface area (Å²) < 4.78 is 4.74. The molecule has 0 unspecified atom stereocenters. The number of alkyl carbamates (subject to hydrolysis) is 1. The first-order valence-electron chi connectivity index (χ1n) is 2.73. The van der Waals surface area contributed by atoms with E-state index in [0.29, 0.717) is 0 Å². The van der Waals surface area contributed by atoms with Crippen LogP contribution in [0.2, 0.25) is 0 Å². The van der Waals surface area contributed by atoms with E-state index >= 15 is 0 Å². The Kier molecular flexibility index (Phi) is 1.37. The fraction of sp³-hybridized carbons (Fsp3) is 0.800. The number of rotatable bonds is 0. The number of cyclic esters (lactones) is 1. The van der Waals surface area contributed by atoms with E-state index in [-0.39, 0.29) is 12.2 Å². The summed E-state index contributed by atoms with van der Waals surface area (Å²) in [5.74, 6) is 0. The van der Waals surface area contributed by atoms with Crippen LogP contribution in [0.15, 0.2) is 0 Å². The maximum absolute atomic E-state index is 10.3. The number of nitrogens with one attached hydrogen (secondary N) is 1. The molecule has 0 aromatic carbocycles. The van der Waals surface area contributed by atoms with Gasteiger partial charge in [-0.25, -0.2) is 4.79 Å². The van der Waals surface area contributed by atoms with Crippen LogP contribution in [0.1, 0.15) is 13.3 Å². The van der Waals surface area contributed by atoms with Crippen molar-refractivity contribution in [3.63, 3.8) is 0 Å². The van der Waals surface area contributed by atoms with E-state index in [1.54, 1.807) is 0 Å². The first kappa shape index (κ1) is 5.41. The van der Waals surface area contributed by atoms with Gasteiger partial charge in [0.25, 0.3) is 0 Å². The van der Waals surface area contributed by atoms with E-state index in [9.17, 15) is 4.79 Å². The van der Waals surface area contributed by atoms with E-state index in [1.807, 2.05) is 6.92 Å². The molecule has 1 atom stereocenters. The van der Waals surface area contributed by atoms with Crippen molar-refractivity contribution in [1.82, 2.24) is 5.32 Å². The standard InChI is InChI=1S/C5H9NO2/c1-4-2-3-6-5(7)8-4/h4H,2-3H2,1H3,(H,6,7)/t4-/m1/s1. The molecule has 0 spiro atoms. The Morgan fingerprint density at radius 2 is 2.62 bits per heavy atom. The van der Waals surface area contributed by atoms with Crippen molar-refractivity contribution in [2.24, 2.45) is 0 Å². The summed E-state index contributed by atoms with van der Waals surface area (Å²) in [6.45, 7) is 2.64. The number of ether oxygens (including phenoxy) is 1. The van der Waals surface area contributed by atoms with Gasteiger partial charge in [0.2, 0.25) is 0 Å². The lowest BCUT2D eigenvalue weighted by atomic mass is 10.3. The van der Waals surface area contributed by atoms with Crippen LogP contribution in [0.3, 0.4) is 0 Å². The minimum absolute atomic E-state index is 0.101. The fourth-order valence-electron chi connectivity index (χ4n) is 0.661. The molecule has 1 aliphatic rings. The molecule has 1 saturated heterocycles. The lowest BCUT2D eigenvalue weighted by Crippen LogP contribution is -2.36. The van der Waals surface area contributed by atoms with Gasteiger partial charge in [-0.15, -0.1) is 0 Å². The molecule has 0 saturated carbocycles. The van der Waals surface area contributed by atoms with Crippen molar-refractivity contribution in [1.29, 1.82) is 0 Å². The van der Waals surface area contributed by atoms with Gasteiger partial charge in [-0.3, -0.25) is 0 Å². The monoisotopic (exact) mass is 115 g/mol. The Morgan fingerprint density at radius 3 is 3.00 bits per heavy atom. The van der Waals surface area contributed by atoms with Crippen LogP contribution in [0.4, 0.5) is 4.79 Å². The molecule has 3 nitrogen and oxygen atoms in total. The third-order valence-electron chi connectivity index (χ3n) is 1.13. The lowest BCUT2D eigenvalue weighted by Gasteiger charge is -2.18. The van der Waals surface area contributed by atoms with Gasteiger partial charge in [-0.05, 0) is 6.92 Å². The molecule has 1 aliphatic heterocycles. The number of hydrogen-bond donors (Lipinski definition) is 1. The van der Waals surface area contributed by atoms with Crippen LogP contribution >= 0.6 is 0 Å². The van der Waals surface area contributed by atoms with E-state index in [0.717, 1.165) is 13.0 Å². The molecule has 8 heavy (non-hydrogen) atoms. The number of hydrogen-bond acceptors (Lipinski definition) is 2. The number of carbonyl (C=O) groups excluding carboxylic acids is 1.